The average Bonchev–Trinajstić information content (AvgIpc) is 2.82. The van der Waals surface area contributed by atoms with Crippen molar-refractivity contribution in [3.05, 3.63) is 102 Å². The number of benzene rings is 4. The standard InChI is InChI=1S/C28H24O4/c1-20-7-5-11-24(17-20)31-19-28(29)32-26-16-14-21(18-27(26)30-2)13-15-23-10-6-9-22-8-3-4-12-25(22)23/h3-18H,19H2,1-2H3/b15-13+. The zero-order valence-electron chi connectivity index (χ0n) is 18.1. The van der Waals surface area contributed by atoms with Gasteiger partial charge >= 0.3 is 5.97 Å². The number of hydrogen-bond acceptors (Lipinski definition) is 4. The van der Waals surface area contributed by atoms with Gasteiger partial charge in [-0.25, -0.2) is 4.79 Å². The van der Waals surface area contributed by atoms with Gasteiger partial charge in [-0.05, 0) is 58.7 Å². The second-order valence-corrected chi connectivity index (χ2v) is 7.39. The third-order valence-corrected chi connectivity index (χ3v) is 5.04. The third kappa shape index (κ3) is 5.16. The number of carbonyl (C=O) groups is 1. The minimum Gasteiger partial charge on any atom is -0.493 e. The molecule has 4 rings (SSSR count). The molecule has 0 atom stereocenters. The Hall–Kier alpha value is -4.05. The quantitative estimate of drug-likeness (QED) is 0.198. The van der Waals surface area contributed by atoms with E-state index in [2.05, 4.69) is 30.3 Å². The van der Waals surface area contributed by atoms with E-state index in [4.69, 9.17) is 14.2 Å². The van der Waals surface area contributed by atoms with Gasteiger partial charge in [0.25, 0.3) is 0 Å². The van der Waals surface area contributed by atoms with Crippen LogP contribution in [0.5, 0.6) is 17.2 Å². The van der Waals surface area contributed by atoms with Crippen molar-refractivity contribution in [2.24, 2.45) is 0 Å². The third-order valence-electron chi connectivity index (χ3n) is 5.04. The number of esters is 1. The van der Waals surface area contributed by atoms with Crippen LogP contribution in [0.3, 0.4) is 0 Å². The summed E-state index contributed by atoms with van der Waals surface area (Å²) in [7, 11) is 1.55. The van der Waals surface area contributed by atoms with Crippen molar-refractivity contribution in [2.75, 3.05) is 13.7 Å². The van der Waals surface area contributed by atoms with Gasteiger partial charge in [-0.3, -0.25) is 0 Å². The molecular weight excluding hydrogens is 400 g/mol. The molecule has 0 aromatic heterocycles. The summed E-state index contributed by atoms with van der Waals surface area (Å²) in [6.45, 7) is 1.78. The molecule has 0 unspecified atom stereocenters. The van der Waals surface area contributed by atoms with E-state index in [1.165, 1.54) is 10.8 Å². The molecule has 0 bridgehead atoms. The molecule has 0 fully saturated rings. The first-order valence-corrected chi connectivity index (χ1v) is 10.4. The monoisotopic (exact) mass is 424 g/mol. The van der Waals surface area contributed by atoms with Gasteiger partial charge in [0.2, 0.25) is 0 Å². The van der Waals surface area contributed by atoms with E-state index in [1.54, 1.807) is 19.2 Å². The molecule has 0 saturated heterocycles. The van der Waals surface area contributed by atoms with Crippen molar-refractivity contribution in [3.8, 4) is 17.2 Å². The predicted octanol–water partition coefficient (Wildman–Crippen LogP) is 6.31. The Morgan fingerprint density at radius 2 is 1.66 bits per heavy atom. The SMILES string of the molecule is COc1cc(/C=C/c2cccc3ccccc23)ccc1OC(=O)COc1cccc(C)c1. The fourth-order valence-electron chi connectivity index (χ4n) is 3.45. The van der Waals surface area contributed by atoms with E-state index >= 15 is 0 Å². The fourth-order valence-corrected chi connectivity index (χ4v) is 3.45. The summed E-state index contributed by atoms with van der Waals surface area (Å²) in [4.78, 5) is 12.2. The number of hydrogen-bond donors (Lipinski definition) is 0. The molecular formula is C28H24O4. The van der Waals surface area contributed by atoms with Crippen LogP contribution >= 0.6 is 0 Å². The van der Waals surface area contributed by atoms with E-state index in [-0.39, 0.29) is 6.61 Å². The van der Waals surface area contributed by atoms with Crippen molar-refractivity contribution >= 4 is 28.9 Å². The molecule has 0 heterocycles. The van der Waals surface area contributed by atoms with Crippen molar-refractivity contribution in [3.63, 3.8) is 0 Å². The molecule has 0 aliphatic rings. The van der Waals surface area contributed by atoms with Crippen LogP contribution in [0.15, 0.2) is 84.9 Å². The first-order valence-electron chi connectivity index (χ1n) is 10.4. The van der Waals surface area contributed by atoms with Gasteiger partial charge in [-0.15, -0.1) is 0 Å². The summed E-state index contributed by atoms with van der Waals surface area (Å²) in [6, 6.07) is 27.5. The highest BCUT2D eigenvalue weighted by Crippen LogP contribution is 2.29. The lowest BCUT2D eigenvalue weighted by molar-refractivity contribution is -0.136. The second kappa shape index (κ2) is 9.84. The van der Waals surface area contributed by atoms with Crippen LogP contribution in [-0.4, -0.2) is 19.7 Å². The van der Waals surface area contributed by atoms with Gasteiger partial charge in [0, 0.05) is 0 Å². The highest BCUT2D eigenvalue weighted by Gasteiger charge is 2.11. The number of aryl methyl sites for hydroxylation is 1. The molecule has 4 aromatic rings. The molecule has 0 amide bonds. The van der Waals surface area contributed by atoms with Crippen molar-refractivity contribution in [1.29, 1.82) is 0 Å². The van der Waals surface area contributed by atoms with E-state index in [0.717, 1.165) is 16.7 Å². The first-order chi connectivity index (χ1) is 15.6. The normalized spacial score (nSPS) is 10.9. The van der Waals surface area contributed by atoms with E-state index in [0.29, 0.717) is 17.2 Å². The topological polar surface area (TPSA) is 44.8 Å². The maximum absolute atomic E-state index is 12.2. The number of carbonyl (C=O) groups excluding carboxylic acids is 1. The second-order valence-electron chi connectivity index (χ2n) is 7.39. The molecule has 0 N–H and O–H groups in total. The summed E-state index contributed by atoms with van der Waals surface area (Å²) in [5, 5.41) is 2.39. The van der Waals surface area contributed by atoms with Gasteiger partial charge in [0.05, 0.1) is 7.11 Å². The Kier molecular flexibility index (Phi) is 6.52. The molecule has 0 saturated carbocycles. The van der Waals surface area contributed by atoms with Crippen LogP contribution in [0.2, 0.25) is 0 Å². The van der Waals surface area contributed by atoms with Crippen molar-refractivity contribution < 1.29 is 19.0 Å². The van der Waals surface area contributed by atoms with Crippen LogP contribution in [0.25, 0.3) is 22.9 Å². The maximum atomic E-state index is 12.2. The summed E-state index contributed by atoms with van der Waals surface area (Å²) >= 11 is 0. The number of rotatable bonds is 7. The number of ether oxygens (including phenoxy) is 3. The molecule has 0 radical (unpaired) electrons. The summed E-state index contributed by atoms with van der Waals surface area (Å²) in [5.41, 5.74) is 3.13. The molecule has 4 nitrogen and oxygen atoms in total. The lowest BCUT2D eigenvalue weighted by Crippen LogP contribution is -2.18. The minimum atomic E-state index is -0.496. The Bertz CT molecular complexity index is 1270. The van der Waals surface area contributed by atoms with Gasteiger partial charge in [0.15, 0.2) is 18.1 Å². The largest absolute Gasteiger partial charge is 0.493 e. The molecule has 0 spiro atoms. The molecule has 4 heteroatoms. The molecule has 4 aromatic carbocycles. The highest BCUT2D eigenvalue weighted by molar-refractivity contribution is 5.92. The first kappa shape index (κ1) is 21.2. The minimum absolute atomic E-state index is 0.185. The summed E-state index contributed by atoms with van der Waals surface area (Å²) in [6.07, 6.45) is 4.08. The fraction of sp³-hybridized carbons (Fsp3) is 0.107. The van der Waals surface area contributed by atoms with Crippen LogP contribution < -0.4 is 14.2 Å². The van der Waals surface area contributed by atoms with Crippen LogP contribution in [0, 0.1) is 6.92 Å². The van der Waals surface area contributed by atoms with Crippen molar-refractivity contribution in [2.45, 2.75) is 6.92 Å². The Morgan fingerprint density at radius 3 is 2.50 bits per heavy atom. The summed E-state index contributed by atoms with van der Waals surface area (Å²) in [5.74, 6) is 0.966. The number of methoxy groups -OCH3 is 1. The van der Waals surface area contributed by atoms with Crippen LogP contribution in [-0.2, 0) is 4.79 Å². The Morgan fingerprint density at radius 1 is 0.844 bits per heavy atom. The zero-order valence-corrected chi connectivity index (χ0v) is 18.1. The van der Waals surface area contributed by atoms with Crippen molar-refractivity contribution in [1.82, 2.24) is 0 Å². The maximum Gasteiger partial charge on any atom is 0.349 e. The zero-order chi connectivity index (χ0) is 22.3. The Balaban J connectivity index is 1.45. The van der Waals surface area contributed by atoms with Gasteiger partial charge in [-0.1, -0.05) is 72.8 Å². The van der Waals surface area contributed by atoms with Crippen LogP contribution in [0.4, 0.5) is 0 Å². The van der Waals surface area contributed by atoms with E-state index in [9.17, 15) is 4.79 Å². The molecule has 32 heavy (non-hydrogen) atoms. The van der Waals surface area contributed by atoms with Gasteiger partial charge in [0.1, 0.15) is 5.75 Å². The van der Waals surface area contributed by atoms with Crippen LogP contribution in [0.1, 0.15) is 16.7 Å². The lowest BCUT2D eigenvalue weighted by atomic mass is 10.0. The Labute approximate surface area is 187 Å². The average molecular weight is 424 g/mol. The number of fused-ring (bicyclic) bond motifs is 1. The molecule has 0 aliphatic carbocycles. The predicted molar refractivity (Wildman–Crippen MR) is 128 cm³/mol. The molecule has 160 valence electrons. The van der Waals surface area contributed by atoms with Gasteiger partial charge < -0.3 is 14.2 Å². The summed E-state index contributed by atoms with van der Waals surface area (Å²) < 4.78 is 16.4. The highest BCUT2D eigenvalue weighted by atomic mass is 16.6. The van der Waals surface area contributed by atoms with E-state index < -0.39 is 5.97 Å². The van der Waals surface area contributed by atoms with Gasteiger partial charge in [-0.2, -0.15) is 0 Å². The lowest BCUT2D eigenvalue weighted by Gasteiger charge is -2.11. The van der Waals surface area contributed by atoms with E-state index in [1.807, 2.05) is 61.5 Å². The molecule has 0 aliphatic heterocycles. The smallest absolute Gasteiger partial charge is 0.349 e.